The van der Waals surface area contributed by atoms with Crippen LogP contribution in [-0.4, -0.2) is 20.8 Å². The fourth-order valence-electron chi connectivity index (χ4n) is 3.63. The Balaban J connectivity index is 1.57. The normalized spacial score (nSPS) is 11.2. The van der Waals surface area contributed by atoms with Crippen molar-refractivity contribution >= 4 is 17.3 Å². The van der Waals surface area contributed by atoms with Gasteiger partial charge in [0.1, 0.15) is 17.3 Å². The minimum atomic E-state index is -0.407. The van der Waals surface area contributed by atoms with E-state index in [2.05, 4.69) is 15.3 Å². The highest BCUT2D eigenvalue weighted by atomic mass is 16.5. The zero-order valence-corrected chi connectivity index (χ0v) is 20.5. The molecule has 0 unspecified atom stereocenters. The molecule has 0 radical (unpaired) electrons. The number of benzene rings is 1. The Bertz CT molecular complexity index is 1350. The van der Waals surface area contributed by atoms with E-state index in [1.54, 1.807) is 12.4 Å². The predicted molar refractivity (Wildman–Crippen MR) is 140 cm³/mol. The average molecular weight is 467 g/mol. The van der Waals surface area contributed by atoms with Crippen LogP contribution in [0.15, 0.2) is 73.1 Å². The molecule has 4 N–H and O–H groups in total. The molecular formula is C28H30N6O. The molecule has 4 rings (SSSR count). The highest BCUT2D eigenvalue weighted by molar-refractivity contribution is 5.83. The molecule has 0 saturated carbocycles. The number of pyridine rings is 3. The highest BCUT2D eigenvalue weighted by Crippen LogP contribution is 2.33. The molecule has 1 aromatic carbocycles. The molecule has 4 aromatic rings. The predicted octanol–water partition coefficient (Wildman–Crippen LogP) is 6.20. The van der Waals surface area contributed by atoms with Crippen LogP contribution in [0.25, 0.3) is 11.4 Å². The number of aryl methyl sites for hydroxylation is 2. The van der Waals surface area contributed by atoms with Crippen molar-refractivity contribution in [3.05, 3.63) is 89.9 Å². The SMILES string of the molecule is Cc1cc(Oc2ccnc(Nc3cccc(CC(C)(C)C(=N)N)c3)c2)c(-c2ccccn2)nc1C. The number of hydrogen-bond acceptors (Lipinski definition) is 6. The maximum Gasteiger partial charge on any atom is 0.155 e. The van der Waals surface area contributed by atoms with E-state index in [0.29, 0.717) is 29.4 Å². The summed E-state index contributed by atoms with van der Waals surface area (Å²) in [6.07, 6.45) is 4.12. The van der Waals surface area contributed by atoms with Gasteiger partial charge < -0.3 is 15.8 Å². The van der Waals surface area contributed by atoms with Crippen molar-refractivity contribution in [2.75, 3.05) is 5.32 Å². The summed E-state index contributed by atoms with van der Waals surface area (Å²) in [7, 11) is 0. The number of amidine groups is 1. The van der Waals surface area contributed by atoms with E-state index in [4.69, 9.17) is 20.9 Å². The van der Waals surface area contributed by atoms with Gasteiger partial charge in [-0.15, -0.1) is 0 Å². The summed E-state index contributed by atoms with van der Waals surface area (Å²) in [6.45, 7) is 7.93. The minimum absolute atomic E-state index is 0.174. The first-order valence-corrected chi connectivity index (χ1v) is 11.5. The third kappa shape index (κ3) is 5.81. The maximum atomic E-state index is 7.82. The molecule has 178 valence electrons. The molecule has 0 atom stereocenters. The largest absolute Gasteiger partial charge is 0.455 e. The number of nitrogens with one attached hydrogen (secondary N) is 2. The van der Waals surface area contributed by atoms with Crippen LogP contribution in [0.5, 0.6) is 11.5 Å². The van der Waals surface area contributed by atoms with E-state index in [1.807, 2.05) is 88.4 Å². The lowest BCUT2D eigenvalue weighted by molar-refractivity contribution is 0.481. The monoisotopic (exact) mass is 466 g/mol. The van der Waals surface area contributed by atoms with Crippen LogP contribution >= 0.6 is 0 Å². The van der Waals surface area contributed by atoms with Gasteiger partial charge in [-0.1, -0.05) is 32.0 Å². The Morgan fingerprint density at radius 3 is 2.57 bits per heavy atom. The molecule has 3 aromatic heterocycles. The van der Waals surface area contributed by atoms with Gasteiger partial charge in [0.05, 0.1) is 11.5 Å². The molecule has 7 heteroatoms. The van der Waals surface area contributed by atoms with Crippen molar-refractivity contribution in [2.45, 2.75) is 34.1 Å². The second-order valence-electron chi connectivity index (χ2n) is 9.23. The first-order chi connectivity index (χ1) is 16.7. The van der Waals surface area contributed by atoms with Gasteiger partial charge in [0.15, 0.2) is 5.75 Å². The molecule has 0 fully saturated rings. The summed E-state index contributed by atoms with van der Waals surface area (Å²) in [5.41, 5.74) is 10.8. The van der Waals surface area contributed by atoms with Gasteiger partial charge in [0.25, 0.3) is 0 Å². The van der Waals surface area contributed by atoms with Gasteiger partial charge in [-0.05, 0) is 67.8 Å². The second-order valence-corrected chi connectivity index (χ2v) is 9.23. The highest BCUT2D eigenvalue weighted by Gasteiger charge is 2.22. The van der Waals surface area contributed by atoms with Gasteiger partial charge in [-0.2, -0.15) is 0 Å². The fourth-order valence-corrected chi connectivity index (χ4v) is 3.63. The molecule has 0 aliphatic heterocycles. The van der Waals surface area contributed by atoms with E-state index in [-0.39, 0.29) is 5.84 Å². The van der Waals surface area contributed by atoms with E-state index in [0.717, 1.165) is 28.2 Å². The smallest absolute Gasteiger partial charge is 0.155 e. The molecule has 0 aliphatic rings. The number of aromatic nitrogens is 3. The molecule has 0 saturated heterocycles. The topological polar surface area (TPSA) is 110 Å². The summed E-state index contributed by atoms with van der Waals surface area (Å²) in [5, 5.41) is 11.2. The third-order valence-corrected chi connectivity index (χ3v) is 5.87. The Morgan fingerprint density at radius 2 is 1.83 bits per heavy atom. The van der Waals surface area contributed by atoms with Gasteiger partial charge in [-0.25, -0.2) is 9.97 Å². The van der Waals surface area contributed by atoms with Gasteiger partial charge in [0.2, 0.25) is 0 Å². The first kappa shape index (κ1) is 23.9. The van der Waals surface area contributed by atoms with Crippen LogP contribution in [0.2, 0.25) is 0 Å². The fraction of sp³-hybridized carbons (Fsp3) is 0.214. The van der Waals surface area contributed by atoms with Crippen LogP contribution in [0.3, 0.4) is 0 Å². The van der Waals surface area contributed by atoms with Crippen LogP contribution in [0, 0.1) is 24.7 Å². The van der Waals surface area contributed by atoms with Crippen LogP contribution < -0.4 is 15.8 Å². The van der Waals surface area contributed by atoms with Crippen molar-refractivity contribution in [3.63, 3.8) is 0 Å². The zero-order chi connectivity index (χ0) is 25.0. The maximum absolute atomic E-state index is 7.82. The van der Waals surface area contributed by atoms with Gasteiger partial charge in [0, 0.05) is 35.3 Å². The summed E-state index contributed by atoms with van der Waals surface area (Å²) >= 11 is 0. The van der Waals surface area contributed by atoms with Crippen molar-refractivity contribution in [3.8, 4) is 22.9 Å². The Morgan fingerprint density at radius 1 is 1.00 bits per heavy atom. The standard InChI is InChI=1S/C28H30N6O/c1-18-14-24(26(33-19(18)2)23-10-5-6-12-31-23)35-22-11-13-32-25(16-22)34-21-9-7-8-20(15-21)17-28(3,4)27(29)30/h5-16H,17H2,1-4H3,(H3,29,30)(H,32,34). The lowest BCUT2D eigenvalue weighted by Crippen LogP contribution is -2.32. The van der Waals surface area contributed by atoms with E-state index in [1.165, 1.54) is 0 Å². The molecule has 0 amide bonds. The first-order valence-electron chi connectivity index (χ1n) is 11.5. The Kier molecular flexibility index (Phi) is 6.78. The third-order valence-electron chi connectivity index (χ3n) is 5.87. The number of ether oxygens (including phenoxy) is 1. The zero-order valence-electron chi connectivity index (χ0n) is 20.5. The number of rotatable bonds is 8. The van der Waals surface area contributed by atoms with Crippen LogP contribution in [0.1, 0.15) is 30.7 Å². The molecule has 3 heterocycles. The molecule has 0 aliphatic carbocycles. The number of anilines is 2. The average Bonchev–Trinajstić information content (AvgIpc) is 2.82. The van der Waals surface area contributed by atoms with E-state index in [9.17, 15) is 0 Å². The Hall–Kier alpha value is -4.26. The van der Waals surface area contributed by atoms with Gasteiger partial charge >= 0.3 is 0 Å². The minimum Gasteiger partial charge on any atom is -0.455 e. The number of nitrogens with zero attached hydrogens (tertiary/aromatic N) is 3. The second kappa shape index (κ2) is 9.93. The quantitative estimate of drug-likeness (QED) is 0.211. The van der Waals surface area contributed by atoms with Crippen LogP contribution in [-0.2, 0) is 6.42 Å². The molecule has 7 nitrogen and oxygen atoms in total. The van der Waals surface area contributed by atoms with E-state index < -0.39 is 5.41 Å². The summed E-state index contributed by atoms with van der Waals surface area (Å²) in [5.74, 6) is 2.10. The van der Waals surface area contributed by atoms with Crippen LogP contribution in [0.4, 0.5) is 11.5 Å². The lowest BCUT2D eigenvalue weighted by atomic mass is 9.84. The molecule has 0 spiro atoms. The number of hydrogen-bond donors (Lipinski definition) is 3. The number of nitrogens with two attached hydrogens (primary N) is 1. The summed E-state index contributed by atoms with van der Waals surface area (Å²) < 4.78 is 6.27. The van der Waals surface area contributed by atoms with Crippen molar-refractivity contribution in [1.29, 1.82) is 5.41 Å². The summed E-state index contributed by atoms with van der Waals surface area (Å²) in [4.78, 5) is 13.6. The van der Waals surface area contributed by atoms with Gasteiger partial charge in [-0.3, -0.25) is 10.4 Å². The van der Waals surface area contributed by atoms with Crippen molar-refractivity contribution in [1.82, 2.24) is 15.0 Å². The molecule has 0 bridgehead atoms. The lowest BCUT2D eigenvalue weighted by Gasteiger charge is -2.23. The Labute approximate surface area is 206 Å². The van der Waals surface area contributed by atoms with E-state index >= 15 is 0 Å². The molecular weight excluding hydrogens is 436 g/mol. The molecule has 35 heavy (non-hydrogen) atoms. The summed E-state index contributed by atoms with van der Waals surface area (Å²) in [6, 6.07) is 19.4. The van der Waals surface area contributed by atoms with Crippen molar-refractivity contribution in [2.24, 2.45) is 11.1 Å². The van der Waals surface area contributed by atoms with Crippen molar-refractivity contribution < 1.29 is 4.74 Å².